The van der Waals surface area contributed by atoms with Crippen molar-refractivity contribution in [1.82, 2.24) is 4.90 Å². The Labute approximate surface area is 130 Å². The van der Waals surface area contributed by atoms with Crippen molar-refractivity contribution in [2.24, 2.45) is 0 Å². The molecule has 1 aromatic carbocycles. The largest absolute Gasteiger partial charge is 0.338 e. The smallest absolute Gasteiger partial charge is 0.255 e. The predicted octanol–water partition coefficient (Wildman–Crippen LogP) is 3.45. The van der Waals surface area contributed by atoms with Gasteiger partial charge in [0.15, 0.2) is 0 Å². The molecule has 3 nitrogen and oxygen atoms in total. The first kappa shape index (κ1) is 15.3. The molecule has 0 saturated carbocycles. The van der Waals surface area contributed by atoms with Gasteiger partial charge in [0, 0.05) is 17.6 Å². The van der Waals surface area contributed by atoms with E-state index in [4.69, 9.17) is 0 Å². The molecule has 1 amide bonds. The highest BCUT2D eigenvalue weighted by Crippen LogP contribution is 2.34. The molecule has 1 aliphatic rings. The van der Waals surface area contributed by atoms with E-state index in [9.17, 15) is 14.4 Å². The zero-order valence-electron chi connectivity index (χ0n) is 11.0. The summed E-state index contributed by atoms with van der Waals surface area (Å²) in [6, 6.07) is 6.43. The Morgan fingerprint density at radius 2 is 2.15 bits per heavy atom. The summed E-state index contributed by atoms with van der Waals surface area (Å²) >= 11 is 4.82. The van der Waals surface area contributed by atoms with Crippen LogP contribution < -0.4 is 0 Å². The minimum absolute atomic E-state index is 0.191. The SMILES string of the molecule is CSC1(C#N)CCN(C(=O)c2cc(F)ccc2Br)CC1. The van der Waals surface area contributed by atoms with Gasteiger partial charge in [0.2, 0.25) is 0 Å². The molecular weight excluding hydrogens is 343 g/mol. The van der Waals surface area contributed by atoms with Crippen LogP contribution in [0.25, 0.3) is 0 Å². The molecule has 1 heterocycles. The normalized spacial score (nSPS) is 17.6. The Morgan fingerprint density at radius 1 is 1.50 bits per heavy atom. The number of hydrogen-bond donors (Lipinski definition) is 0. The molecule has 0 atom stereocenters. The fraction of sp³-hybridized carbons (Fsp3) is 0.429. The fourth-order valence-corrected chi connectivity index (χ4v) is 3.36. The van der Waals surface area contributed by atoms with Crippen LogP contribution >= 0.6 is 27.7 Å². The summed E-state index contributed by atoms with van der Waals surface area (Å²) in [5, 5.41) is 9.23. The molecule has 0 aromatic heterocycles. The third kappa shape index (κ3) is 2.99. The first-order valence-corrected chi connectivity index (χ1v) is 8.24. The average Bonchev–Trinajstić information content (AvgIpc) is 2.49. The molecule has 2 rings (SSSR count). The molecule has 106 valence electrons. The molecule has 1 aliphatic heterocycles. The summed E-state index contributed by atoms with van der Waals surface area (Å²) in [6.07, 6.45) is 3.20. The van der Waals surface area contributed by atoms with Gasteiger partial charge in [-0.3, -0.25) is 4.79 Å². The Morgan fingerprint density at radius 3 is 2.70 bits per heavy atom. The molecule has 1 fully saturated rings. The van der Waals surface area contributed by atoms with E-state index < -0.39 is 10.6 Å². The Balaban J connectivity index is 2.13. The van der Waals surface area contributed by atoms with E-state index in [-0.39, 0.29) is 5.91 Å². The summed E-state index contributed by atoms with van der Waals surface area (Å²) in [5.41, 5.74) is 0.332. The van der Waals surface area contributed by atoms with Crippen molar-refractivity contribution in [3.05, 3.63) is 34.1 Å². The number of thioether (sulfide) groups is 1. The summed E-state index contributed by atoms with van der Waals surface area (Å²) in [6.45, 7) is 1.05. The van der Waals surface area contributed by atoms with Gasteiger partial charge >= 0.3 is 0 Å². The molecule has 20 heavy (non-hydrogen) atoms. The lowest BCUT2D eigenvalue weighted by atomic mass is 9.96. The Kier molecular flexibility index (Phi) is 4.71. The van der Waals surface area contributed by atoms with Crippen molar-refractivity contribution in [3.8, 4) is 6.07 Å². The summed E-state index contributed by atoms with van der Waals surface area (Å²) < 4.78 is 13.5. The predicted molar refractivity (Wildman–Crippen MR) is 81.1 cm³/mol. The number of hydrogen-bond acceptors (Lipinski definition) is 3. The summed E-state index contributed by atoms with van der Waals surface area (Å²) in [7, 11) is 0. The van der Waals surface area contributed by atoms with Crippen LogP contribution in [-0.4, -0.2) is 34.9 Å². The van der Waals surface area contributed by atoms with Crippen LogP contribution in [0.15, 0.2) is 22.7 Å². The highest BCUT2D eigenvalue weighted by Gasteiger charge is 2.35. The molecule has 0 spiro atoms. The quantitative estimate of drug-likeness (QED) is 0.814. The van der Waals surface area contributed by atoms with Gasteiger partial charge in [0.25, 0.3) is 5.91 Å². The molecule has 0 aliphatic carbocycles. The molecular formula is C14H14BrFN2OS. The van der Waals surface area contributed by atoms with Gasteiger partial charge in [-0.1, -0.05) is 0 Å². The van der Waals surface area contributed by atoms with Crippen LogP contribution in [-0.2, 0) is 0 Å². The Hall–Kier alpha value is -1.06. The first-order chi connectivity index (χ1) is 9.51. The van der Waals surface area contributed by atoms with Gasteiger partial charge in [0.05, 0.1) is 11.6 Å². The van der Waals surface area contributed by atoms with E-state index in [1.54, 1.807) is 16.7 Å². The lowest BCUT2D eigenvalue weighted by Crippen LogP contribution is -2.44. The van der Waals surface area contributed by atoms with Gasteiger partial charge in [-0.15, -0.1) is 11.8 Å². The molecule has 0 bridgehead atoms. The van der Waals surface area contributed by atoms with Gasteiger partial charge in [-0.05, 0) is 53.2 Å². The number of carbonyl (C=O) groups is 1. The third-order valence-electron chi connectivity index (χ3n) is 3.61. The van der Waals surface area contributed by atoms with Crippen LogP contribution in [0.5, 0.6) is 0 Å². The monoisotopic (exact) mass is 356 g/mol. The summed E-state index contributed by atoms with van der Waals surface area (Å²) in [5.74, 6) is -0.618. The molecule has 0 unspecified atom stereocenters. The van der Waals surface area contributed by atoms with Crippen LogP contribution in [0.1, 0.15) is 23.2 Å². The van der Waals surface area contributed by atoms with Gasteiger partial charge in [-0.2, -0.15) is 5.26 Å². The topological polar surface area (TPSA) is 44.1 Å². The number of rotatable bonds is 2. The van der Waals surface area contributed by atoms with Crippen LogP contribution in [0.2, 0.25) is 0 Å². The van der Waals surface area contributed by atoms with Crippen molar-refractivity contribution in [2.45, 2.75) is 17.6 Å². The standard InChI is InChI=1S/C14H14BrFN2OS/c1-20-14(9-17)4-6-18(7-5-14)13(19)11-8-10(16)2-3-12(11)15/h2-3,8H,4-7H2,1H3. The Bertz CT molecular complexity index is 565. The number of piperidine rings is 1. The van der Waals surface area contributed by atoms with Gasteiger partial charge in [0.1, 0.15) is 10.6 Å². The zero-order chi connectivity index (χ0) is 14.8. The lowest BCUT2D eigenvalue weighted by Gasteiger charge is -2.36. The van der Waals surface area contributed by atoms with E-state index >= 15 is 0 Å². The molecule has 0 N–H and O–H groups in total. The average molecular weight is 357 g/mol. The van der Waals surface area contributed by atoms with Gasteiger partial charge < -0.3 is 4.90 Å². The molecule has 0 radical (unpaired) electrons. The van der Waals surface area contributed by atoms with Gasteiger partial charge in [-0.25, -0.2) is 4.39 Å². The first-order valence-electron chi connectivity index (χ1n) is 6.22. The highest BCUT2D eigenvalue weighted by atomic mass is 79.9. The molecule has 1 saturated heterocycles. The highest BCUT2D eigenvalue weighted by molar-refractivity contribution is 9.10. The van der Waals surface area contributed by atoms with E-state index in [1.807, 2.05) is 6.26 Å². The third-order valence-corrected chi connectivity index (χ3v) is 5.58. The number of halogens is 2. The van der Waals surface area contributed by atoms with Crippen LogP contribution in [0, 0.1) is 17.1 Å². The second-order valence-electron chi connectivity index (χ2n) is 4.73. The second kappa shape index (κ2) is 6.15. The lowest BCUT2D eigenvalue weighted by molar-refractivity contribution is 0.0715. The van der Waals surface area contributed by atoms with E-state index in [1.165, 1.54) is 18.2 Å². The second-order valence-corrected chi connectivity index (χ2v) is 6.77. The van der Waals surface area contributed by atoms with E-state index in [0.717, 1.165) is 0 Å². The fourth-order valence-electron chi connectivity index (χ4n) is 2.26. The van der Waals surface area contributed by atoms with Crippen molar-refractivity contribution in [1.29, 1.82) is 5.26 Å². The van der Waals surface area contributed by atoms with E-state index in [0.29, 0.717) is 36.0 Å². The van der Waals surface area contributed by atoms with Crippen molar-refractivity contribution >= 4 is 33.6 Å². The maximum absolute atomic E-state index is 13.3. The maximum atomic E-state index is 13.3. The van der Waals surface area contributed by atoms with Crippen LogP contribution in [0.4, 0.5) is 4.39 Å². The minimum Gasteiger partial charge on any atom is -0.338 e. The van der Waals surface area contributed by atoms with E-state index in [2.05, 4.69) is 22.0 Å². The number of amides is 1. The van der Waals surface area contributed by atoms with Crippen LogP contribution in [0.3, 0.4) is 0 Å². The number of carbonyl (C=O) groups excluding carboxylic acids is 1. The van der Waals surface area contributed by atoms with Crippen molar-refractivity contribution < 1.29 is 9.18 Å². The number of nitrogens with zero attached hydrogens (tertiary/aromatic N) is 2. The molecule has 6 heteroatoms. The number of nitriles is 1. The minimum atomic E-state index is -0.427. The summed E-state index contributed by atoms with van der Waals surface area (Å²) in [4.78, 5) is 14.1. The van der Waals surface area contributed by atoms with Crippen molar-refractivity contribution in [2.75, 3.05) is 19.3 Å². The molecule has 1 aromatic rings. The maximum Gasteiger partial charge on any atom is 0.255 e. The number of likely N-dealkylation sites (tertiary alicyclic amines) is 1. The number of benzene rings is 1. The van der Waals surface area contributed by atoms with Crippen molar-refractivity contribution in [3.63, 3.8) is 0 Å². The zero-order valence-corrected chi connectivity index (χ0v) is 13.4.